The molecule has 1 aliphatic carbocycles. The second-order valence-corrected chi connectivity index (χ2v) is 9.62. The summed E-state index contributed by atoms with van der Waals surface area (Å²) in [7, 11) is 1.78. The highest BCUT2D eigenvalue weighted by Gasteiger charge is 2.32. The monoisotopic (exact) mass is 438 g/mol. The molecule has 9 nitrogen and oxygen atoms in total. The number of hydrogen-bond donors (Lipinski definition) is 3. The Labute approximate surface area is 187 Å². The van der Waals surface area contributed by atoms with Gasteiger partial charge in [0, 0.05) is 45.8 Å². The number of nitrogens with one attached hydrogen (secondary N) is 3. The third-order valence-electron chi connectivity index (χ3n) is 5.90. The fourth-order valence-electron chi connectivity index (χ4n) is 3.64. The molecule has 9 heteroatoms. The molecule has 0 atom stereocenters. The highest BCUT2D eigenvalue weighted by molar-refractivity contribution is 5.80. The van der Waals surface area contributed by atoms with Gasteiger partial charge in [0.25, 0.3) is 0 Å². The van der Waals surface area contributed by atoms with Crippen LogP contribution in [0.4, 0.5) is 4.79 Å². The molecular weight excluding hydrogens is 396 g/mol. The van der Waals surface area contributed by atoms with Crippen LogP contribution in [0.1, 0.15) is 60.3 Å². The van der Waals surface area contributed by atoms with Crippen LogP contribution in [-0.2, 0) is 9.53 Å². The van der Waals surface area contributed by atoms with E-state index in [4.69, 9.17) is 4.74 Å². The van der Waals surface area contributed by atoms with E-state index in [0.717, 1.165) is 57.8 Å². The molecule has 1 saturated heterocycles. The number of amides is 2. The van der Waals surface area contributed by atoms with E-state index in [1.807, 2.05) is 20.8 Å². The van der Waals surface area contributed by atoms with E-state index in [0.29, 0.717) is 19.1 Å². The molecular formula is C22H42N6O3. The molecule has 2 amide bonds. The van der Waals surface area contributed by atoms with Crippen molar-refractivity contribution in [1.29, 1.82) is 0 Å². The molecule has 3 N–H and O–H groups in total. The molecule has 2 rings (SSSR count). The van der Waals surface area contributed by atoms with Crippen molar-refractivity contribution in [3.63, 3.8) is 0 Å². The lowest BCUT2D eigenvalue weighted by atomic mass is 9.93. The van der Waals surface area contributed by atoms with Crippen molar-refractivity contribution in [3.05, 3.63) is 0 Å². The third-order valence-corrected chi connectivity index (χ3v) is 5.90. The van der Waals surface area contributed by atoms with Crippen molar-refractivity contribution in [1.82, 2.24) is 25.8 Å². The number of aliphatic imine (C=N–C) groups is 1. The lowest BCUT2D eigenvalue weighted by Gasteiger charge is -2.38. The van der Waals surface area contributed by atoms with Crippen molar-refractivity contribution >= 4 is 18.0 Å². The van der Waals surface area contributed by atoms with Gasteiger partial charge < -0.3 is 25.6 Å². The molecule has 178 valence electrons. The van der Waals surface area contributed by atoms with Crippen LogP contribution in [-0.4, -0.2) is 91.3 Å². The van der Waals surface area contributed by atoms with Gasteiger partial charge in [0.05, 0.1) is 12.1 Å². The van der Waals surface area contributed by atoms with Gasteiger partial charge in [-0.05, 0) is 46.5 Å². The quantitative estimate of drug-likeness (QED) is 0.393. The Morgan fingerprint density at radius 1 is 1.06 bits per heavy atom. The van der Waals surface area contributed by atoms with E-state index in [-0.39, 0.29) is 5.91 Å². The topological polar surface area (TPSA) is 98.3 Å². The molecule has 2 aliphatic rings. The van der Waals surface area contributed by atoms with Gasteiger partial charge in [-0.25, -0.2) is 4.79 Å². The summed E-state index contributed by atoms with van der Waals surface area (Å²) in [6.45, 7) is 14.0. The predicted molar refractivity (Wildman–Crippen MR) is 123 cm³/mol. The minimum absolute atomic E-state index is 0.127. The first-order valence-corrected chi connectivity index (χ1v) is 11.6. The molecule has 1 heterocycles. The molecule has 1 saturated carbocycles. The van der Waals surface area contributed by atoms with Crippen molar-refractivity contribution < 1.29 is 14.3 Å². The van der Waals surface area contributed by atoms with E-state index in [2.05, 4.69) is 44.6 Å². The minimum Gasteiger partial charge on any atom is -0.444 e. The van der Waals surface area contributed by atoms with Crippen LogP contribution >= 0.6 is 0 Å². The summed E-state index contributed by atoms with van der Waals surface area (Å²) in [6, 6.07) is 0.406. The molecule has 0 aromatic heterocycles. The van der Waals surface area contributed by atoms with Crippen molar-refractivity contribution in [3.8, 4) is 0 Å². The van der Waals surface area contributed by atoms with E-state index in [1.54, 1.807) is 7.05 Å². The highest BCUT2D eigenvalue weighted by atomic mass is 16.6. The molecule has 0 aromatic rings. The van der Waals surface area contributed by atoms with Crippen LogP contribution in [0, 0.1) is 0 Å². The van der Waals surface area contributed by atoms with Crippen LogP contribution in [0.25, 0.3) is 0 Å². The van der Waals surface area contributed by atoms with Gasteiger partial charge >= 0.3 is 6.09 Å². The van der Waals surface area contributed by atoms with E-state index in [9.17, 15) is 9.59 Å². The third kappa shape index (κ3) is 8.55. The Bertz CT molecular complexity index is 630. The number of ether oxygens (including phenoxy) is 1. The Morgan fingerprint density at radius 2 is 1.68 bits per heavy atom. The number of rotatable bonds is 8. The maximum Gasteiger partial charge on any atom is 0.408 e. The summed E-state index contributed by atoms with van der Waals surface area (Å²) in [4.78, 5) is 33.2. The molecule has 2 fully saturated rings. The molecule has 0 aromatic carbocycles. The second-order valence-electron chi connectivity index (χ2n) is 9.62. The average Bonchev–Trinajstić information content (AvgIpc) is 3.51. The summed E-state index contributed by atoms with van der Waals surface area (Å²) >= 11 is 0. The van der Waals surface area contributed by atoms with Crippen LogP contribution in [0.15, 0.2) is 4.99 Å². The van der Waals surface area contributed by atoms with E-state index in [1.165, 1.54) is 0 Å². The van der Waals surface area contributed by atoms with Crippen LogP contribution in [0.2, 0.25) is 0 Å². The number of guanidine groups is 1. The summed E-state index contributed by atoms with van der Waals surface area (Å²) in [5.74, 6) is 0.946. The number of piperazine rings is 1. The molecule has 1 aliphatic heterocycles. The zero-order valence-electron chi connectivity index (χ0n) is 20.2. The van der Waals surface area contributed by atoms with E-state index >= 15 is 0 Å². The molecule has 0 radical (unpaired) electrons. The van der Waals surface area contributed by atoms with Gasteiger partial charge in [-0.1, -0.05) is 13.8 Å². The van der Waals surface area contributed by atoms with E-state index < -0.39 is 17.2 Å². The summed E-state index contributed by atoms with van der Waals surface area (Å²) < 4.78 is 5.46. The molecule has 0 spiro atoms. The smallest absolute Gasteiger partial charge is 0.408 e. The van der Waals surface area contributed by atoms with Crippen LogP contribution < -0.4 is 16.0 Å². The Kier molecular flexibility index (Phi) is 8.97. The first kappa shape index (κ1) is 25.2. The van der Waals surface area contributed by atoms with Gasteiger partial charge in [-0.2, -0.15) is 0 Å². The Hall–Kier alpha value is -2.03. The lowest BCUT2D eigenvalue weighted by molar-refractivity contribution is -0.122. The number of carbonyl (C=O) groups excluding carboxylic acids is 2. The van der Waals surface area contributed by atoms with Crippen molar-refractivity contribution in [2.45, 2.75) is 77.5 Å². The van der Waals surface area contributed by atoms with Crippen LogP contribution in [0.3, 0.4) is 0 Å². The number of nitrogens with zero attached hydrogens (tertiary/aromatic N) is 3. The average molecular weight is 439 g/mol. The predicted octanol–water partition coefficient (Wildman–Crippen LogP) is 1.54. The van der Waals surface area contributed by atoms with Crippen molar-refractivity contribution in [2.24, 2.45) is 4.99 Å². The van der Waals surface area contributed by atoms with Gasteiger partial charge in [-0.3, -0.25) is 14.7 Å². The van der Waals surface area contributed by atoms with Gasteiger partial charge in [-0.15, -0.1) is 0 Å². The molecule has 0 bridgehead atoms. The standard InChI is InChI=1S/C22H42N6O3/c1-7-22(8-2,26-20(30)31-21(3,4)5)16-24-19(23-6)28-13-11-27(12-14-28)15-18(29)25-17-9-10-17/h17H,7-16H2,1-6H3,(H,23,24)(H,25,29)(H,26,30). The molecule has 0 unspecified atom stereocenters. The number of hydrogen-bond acceptors (Lipinski definition) is 5. The summed E-state index contributed by atoms with van der Waals surface area (Å²) in [5, 5.41) is 9.57. The number of carbonyl (C=O) groups is 2. The number of alkyl carbamates (subject to hydrolysis) is 1. The van der Waals surface area contributed by atoms with Gasteiger partial charge in [0.2, 0.25) is 5.91 Å². The zero-order chi connectivity index (χ0) is 23.1. The SMILES string of the molecule is CCC(CC)(CNC(=NC)N1CCN(CC(=O)NC2CC2)CC1)NC(=O)OC(C)(C)C. The summed E-state index contributed by atoms with van der Waals surface area (Å²) in [5.41, 5.74) is -0.947. The normalized spacial score (nSPS) is 18.5. The van der Waals surface area contributed by atoms with Gasteiger partial charge in [0.1, 0.15) is 5.60 Å². The molecule has 31 heavy (non-hydrogen) atoms. The van der Waals surface area contributed by atoms with Crippen LogP contribution in [0.5, 0.6) is 0 Å². The Morgan fingerprint density at radius 3 is 2.16 bits per heavy atom. The minimum atomic E-state index is -0.532. The first-order valence-electron chi connectivity index (χ1n) is 11.6. The highest BCUT2D eigenvalue weighted by Crippen LogP contribution is 2.19. The lowest BCUT2D eigenvalue weighted by Crippen LogP contribution is -2.59. The maximum atomic E-state index is 12.4. The largest absolute Gasteiger partial charge is 0.444 e. The Balaban J connectivity index is 1.83. The first-order chi connectivity index (χ1) is 14.6. The fraction of sp³-hybridized carbons (Fsp3) is 0.864. The van der Waals surface area contributed by atoms with Crippen molar-refractivity contribution in [2.75, 3.05) is 46.3 Å². The fourth-order valence-corrected chi connectivity index (χ4v) is 3.64. The van der Waals surface area contributed by atoms with Gasteiger partial charge in [0.15, 0.2) is 5.96 Å². The maximum absolute atomic E-state index is 12.4. The second kappa shape index (κ2) is 11.0. The summed E-state index contributed by atoms with van der Waals surface area (Å²) in [6.07, 6.45) is 3.38. The zero-order valence-corrected chi connectivity index (χ0v) is 20.2.